The Labute approximate surface area is 98.7 Å². The van der Waals surface area contributed by atoms with Crippen LogP contribution in [-0.4, -0.2) is 17.0 Å². The second kappa shape index (κ2) is 4.53. The molecule has 0 aliphatic carbocycles. The summed E-state index contributed by atoms with van der Waals surface area (Å²) < 4.78 is 5.57. The number of hydrogen-bond acceptors (Lipinski definition) is 4. The lowest BCUT2D eigenvalue weighted by molar-refractivity contribution is 0.524. The van der Waals surface area contributed by atoms with Crippen LogP contribution in [0.15, 0.2) is 23.0 Å². The lowest BCUT2D eigenvalue weighted by atomic mass is 10.2. The van der Waals surface area contributed by atoms with Crippen LogP contribution < -0.4 is 5.32 Å². The summed E-state index contributed by atoms with van der Waals surface area (Å²) in [5, 5.41) is 3.57. The Morgan fingerprint density at radius 2 is 2.19 bits per heavy atom. The molecule has 84 valence electrons. The van der Waals surface area contributed by atoms with Gasteiger partial charge in [-0.2, -0.15) is 0 Å². The van der Waals surface area contributed by atoms with Crippen molar-refractivity contribution in [3.63, 3.8) is 0 Å². The van der Waals surface area contributed by atoms with Crippen molar-refractivity contribution in [2.24, 2.45) is 0 Å². The number of halogens is 1. The maximum atomic E-state index is 6.03. The van der Waals surface area contributed by atoms with Gasteiger partial charge >= 0.3 is 0 Å². The molecule has 0 atom stereocenters. The number of hydrogen-bond donors (Lipinski definition) is 1. The number of rotatable bonds is 3. The monoisotopic (exact) mass is 237 g/mol. The Hall–Kier alpha value is -1.55. The van der Waals surface area contributed by atoms with Crippen molar-refractivity contribution in [1.29, 1.82) is 0 Å². The Balaban J connectivity index is 2.50. The van der Waals surface area contributed by atoms with E-state index >= 15 is 0 Å². The van der Waals surface area contributed by atoms with E-state index in [4.69, 9.17) is 16.0 Å². The lowest BCUT2D eigenvalue weighted by Crippen LogP contribution is -1.94. The number of nitrogens with zero attached hydrogens (tertiary/aromatic N) is 2. The van der Waals surface area contributed by atoms with Gasteiger partial charge in [0.15, 0.2) is 0 Å². The fourth-order valence-corrected chi connectivity index (χ4v) is 1.70. The first-order chi connectivity index (χ1) is 7.76. The van der Waals surface area contributed by atoms with Gasteiger partial charge in [0, 0.05) is 25.9 Å². The van der Waals surface area contributed by atoms with Gasteiger partial charge < -0.3 is 9.73 Å². The van der Waals surface area contributed by atoms with Gasteiger partial charge in [-0.25, -0.2) is 4.98 Å². The predicted octanol–water partition coefficient (Wildman–Crippen LogP) is 2.99. The quantitative estimate of drug-likeness (QED) is 0.892. The summed E-state index contributed by atoms with van der Waals surface area (Å²) in [7, 11) is 1.80. The molecule has 16 heavy (non-hydrogen) atoms. The van der Waals surface area contributed by atoms with Gasteiger partial charge in [0.05, 0.1) is 22.5 Å². The molecule has 5 heteroatoms. The van der Waals surface area contributed by atoms with Gasteiger partial charge in [0.25, 0.3) is 0 Å². The molecule has 0 saturated heterocycles. The zero-order valence-corrected chi connectivity index (χ0v) is 9.88. The molecule has 2 heterocycles. The molecule has 0 aliphatic heterocycles. The Morgan fingerprint density at radius 1 is 1.38 bits per heavy atom. The Kier molecular flexibility index (Phi) is 3.10. The third kappa shape index (κ3) is 1.88. The smallest absolute Gasteiger partial charge is 0.229 e. The molecular weight excluding hydrogens is 226 g/mol. The van der Waals surface area contributed by atoms with Crippen molar-refractivity contribution >= 4 is 17.3 Å². The minimum absolute atomic E-state index is 0.538. The van der Waals surface area contributed by atoms with Gasteiger partial charge in [0.1, 0.15) is 5.76 Å². The van der Waals surface area contributed by atoms with Crippen LogP contribution >= 0.6 is 11.6 Å². The maximum absolute atomic E-state index is 6.03. The van der Waals surface area contributed by atoms with E-state index < -0.39 is 0 Å². The van der Waals surface area contributed by atoms with Crippen molar-refractivity contribution in [1.82, 2.24) is 9.97 Å². The van der Waals surface area contributed by atoms with E-state index in [0.29, 0.717) is 10.9 Å². The van der Waals surface area contributed by atoms with Crippen molar-refractivity contribution in [2.45, 2.75) is 13.3 Å². The topological polar surface area (TPSA) is 51.0 Å². The molecule has 2 rings (SSSR count). The van der Waals surface area contributed by atoms with Crippen LogP contribution in [0.4, 0.5) is 5.69 Å². The lowest BCUT2D eigenvalue weighted by Gasteiger charge is -2.06. The minimum Gasteiger partial charge on any atom is -0.441 e. The molecule has 0 unspecified atom stereocenters. The van der Waals surface area contributed by atoms with Crippen LogP contribution in [0.3, 0.4) is 0 Å². The number of aryl methyl sites for hydroxylation is 1. The molecule has 1 N–H and O–H groups in total. The van der Waals surface area contributed by atoms with Crippen molar-refractivity contribution in [3.05, 3.63) is 29.4 Å². The van der Waals surface area contributed by atoms with Gasteiger partial charge in [-0.05, 0) is 0 Å². The average molecular weight is 238 g/mol. The van der Waals surface area contributed by atoms with Crippen molar-refractivity contribution < 1.29 is 4.42 Å². The SMILES string of the molecule is CCc1cnc(-c2cncc(Cl)c2NC)o1. The predicted molar refractivity (Wildman–Crippen MR) is 63.7 cm³/mol. The number of aromatic nitrogens is 2. The first-order valence-corrected chi connectivity index (χ1v) is 5.40. The van der Waals surface area contributed by atoms with Gasteiger partial charge in [0.2, 0.25) is 5.89 Å². The van der Waals surface area contributed by atoms with E-state index in [1.165, 1.54) is 0 Å². The highest BCUT2D eigenvalue weighted by Crippen LogP contribution is 2.32. The number of nitrogens with one attached hydrogen (secondary N) is 1. The molecule has 0 saturated carbocycles. The third-order valence-electron chi connectivity index (χ3n) is 2.28. The fraction of sp³-hybridized carbons (Fsp3) is 0.273. The van der Waals surface area contributed by atoms with Crippen LogP contribution in [0.2, 0.25) is 5.02 Å². The van der Waals surface area contributed by atoms with Crippen LogP contribution in [0.5, 0.6) is 0 Å². The number of pyridine rings is 1. The molecule has 0 fully saturated rings. The van der Waals surface area contributed by atoms with Gasteiger partial charge in [-0.1, -0.05) is 18.5 Å². The highest BCUT2D eigenvalue weighted by molar-refractivity contribution is 6.33. The second-order valence-corrected chi connectivity index (χ2v) is 3.69. The van der Waals surface area contributed by atoms with Crippen LogP contribution in [0.1, 0.15) is 12.7 Å². The van der Waals surface area contributed by atoms with Crippen LogP contribution in [0, 0.1) is 0 Å². The van der Waals surface area contributed by atoms with Crippen molar-refractivity contribution in [2.75, 3.05) is 12.4 Å². The molecule has 0 amide bonds. The van der Waals surface area contributed by atoms with E-state index in [1.807, 2.05) is 6.92 Å². The molecule has 0 aromatic carbocycles. The summed E-state index contributed by atoms with van der Waals surface area (Å²) in [6, 6.07) is 0. The average Bonchev–Trinajstić information content (AvgIpc) is 2.77. The molecule has 0 spiro atoms. The summed E-state index contributed by atoms with van der Waals surface area (Å²) in [5.41, 5.74) is 1.55. The van der Waals surface area contributed by atoms with Gasteiger partial charge in [-0.15, -0.1) is 0 Å². The molecule has 0 bridgehead atoms. The Morgan fingerprint density at radius 3 is 2.81 bits per heavy atom. The van der Waals surface area contributed by atoms with Gasteiger partial charge in [-0.3, -0.25) is 4.98 Å². The van der Waals surface area contributed by atoms with E-state index in [9.17, 15) is 0 Å². The molecule has 4 nitrogen and oxygen atoms in total. The van der Waals surface area contributed by atoms with Crippen LogP contribution in [0.25, 0.3) is 11.5 Å². The van der Waals surface area contributed by atoms with E-state index in [1.54, 1.807) is 25.6 Å². The first-order valence-electron chi connectivity index (χ1n) is 5.02. The third-order valence-corrected chi connectivity index (χ3v) is 2.57. The maximum Gasteiger partial charge on any atom is 0.229 e. The summed E-state index contributed by atoms with van der Waals surface area (Å²) >= 11 is 6.03. The normalized spacial score (nSPS) is 10.4. The highest BCUT2D eigenvalue weighted by atomic mass is 35.5. The summed E-state index contributed by atoms with van der Waals surface area (Å²) in [6.07, 6.45) is 5.80. The number of anilines is 1. The zero-order chi connectivity index (χ0) is 11.5. The summed E-state index contributed by atoms with van der Waals surface area (Å²) in [6.45, 7) is 2.01. The zero-order valence-electron chi connectivity index (χ0n) is 9.12. The molecule has 0 aliphatic rings. The molecule has 2 aromatic rings. The highest BCUT2D eigenvalue weighted by Gasteiger charge is 2.13. The van der Waals surface area contributed by atoms with Crippen LogP contribution in [-0.2, 0) is 6.42 Å². The molecule has 0 radical (unpaired) electrons. The second-order valence-electron chi connectivity index (χ2n) is 3.28. The molecule has 2 aromatic heterocycles. The first kappa shape index (κ1) is 11.0. The Bertz CT molecular complexity index is 496. The summed E-state index contributed by atoms with van der Waals surface area (Å²) in [5.74, 6) is 1.38. The molecular formula is C11H12ClN3O. The number of oxazole rings is 1. The largest absolute Gasteiger partial charge is 0.441 e. The fourth-order valence-electron chi connectivity index (χ4n) is 1.45. The van der Waals surface area contributed by atoms with Crippen molar-refractivity contribution in [3.8, 4) is 11.5 Å². The summed E-state index contributed by atoms with van der Waals surface area (Å²) in [4.78, 5) is 8.23. The van der Waals surface area contributed by atoms with E-state index in [0.717, 1.165) is 23.4 Å². The standard InChI is InChI=1S/C11H12ClN3O/c1-3-7-4-15-11(16-7)8-5-14-6-9(12)10(8)13-2/h4-6H,3H2,1-2H3,(H,13,14). The van der Waals surface area contributed by atoms with E-state index in [-0.39, 0.29) is 0 Å². The minimum atomic E-state index is 0.538. The van der Waals surface area contributed by atoms with E-state index in [2.05, 4.69) is 15.3 Å².